The van der Waals surface area contributed by atoms with Crippen LogP contribution in [0.2, 0.25) is 0 Å². The molecule has 5 nitrogen and oxygen atoms in total. The van der Waals surface area contributed by atoms with Crippen LogP contribution in [0.25, 0.3) is 0 Å². The van der Waals surface area contributed by atoms with Crippen molar-refractivity contribution < 1.29 is 22.7 Å². The average Bonchev–Trinajstić information content (AvgIpc) is 2.55. The molecule has 2 aliphatic rings. The number of pyridine rings is 1. The fraction of sp³-hybridized carbons (Fsp3) is 0.600. The number of morpholine rings is 1. The minimum absolute atomic E-state index is 0.0175. The Kier molecular flexibility index (Phi) is 4.43. The van der Waals surface area contributed by atoms with Crippen LogP contribution >= 0.6 is 0 Å². The molecular formula is C15H18F3N3O2. The minimum atomic E-state index is -2.70. The Morgan fingerprint density at radius 1 is 1.30 bits per heavy atom. The van der Waals surface area contributed by atoms with E-state index in [9.17, 15) is 18.0 Å². The first-order valence-electron chi connectivity index (χ1n) is 7.60. The van der Waals surface area contributed by atoms with Crippen LogP contribution in [0.1, 0.15) is 12.8 Å². The lowest BCUT2D eigenvalue weighted by Gasteiger charge is -2.38. The average molecular weight is 329 g/mol. The van der Waals surface area contributed by atoms with Crippen molar-refractivity contribution in [3.8, 4) is 0 Å². The van der Waals surface area contributed by atoms with E-state index < -0.39 is 17.8 Å². The summed E-state index contributed by atoms with van der Waals surface area (Å²) in [5.41, 5.74) is 0. The standard InChI is InChI=1S/C15H18F3N3O2/c16-11-2-1-5-19-13(11)21-8-9-23-12(10-21)14(22)20-6-3-15(17,18)4-7-20/h1-2,5,12H,3-4,6-10H2. The van der Waals surface area contributed by atoms with Gasteiger partial charge < -0.3 is 14.5 Å². The number of aromatic nitrogens is 1. The van der Waals surface area contributed by atoms with Crippen molar-refractivity contribution in [1.29, 1.82) is 0 Å². The second-order valence-electron chi connectivity index (χ2n) is 5.80. The largest absolute Gasteiger partial charge is 0.365 e. The molecule has 0 spiro atoms. The lowest BCUT2D eigenvalue weighted by Crippen LogP contribution is -2.53. The van der Waals surface area contributed by atoms with Gasteiger partial charge in [-0.05, 0) is 12.1 Å². The van der Waals surface area contributed by atoms with E-state index in [1.807, 2.05) is 0 Å². The van der Waals surface area contributed by atoms with Crippen LogP contribution in [0.3, 0.4) is 0 Å². The second kappa shape index (κ2) is 6.35. The summed E-state index contributed by atoms with van der Waals surface area (Å²) in [6.07, 6.45) is 0.0442. The van der Waals surface area contributed by atoms with Gasteiger partial charge in [-0.25, -0.2) is 18.2 Å². The van der Waals surface area contributed by atoms with Crippen LogP contribution in [-0.4, -0.2) is 60.6 Å². The molecule has 126 valence electrons. The third-order valence-electron chi connectivity index (χ3n) is 4.19. The maximum atomic E-state index is 13.8. The van der Waals surface area contributed by atoms with Crippen LogP contribution in [0.4, 0.5) is 19.0 Å². The monoisotopic (exact) mass is 329 g/mol. The Labute approximate surface area is 132 Å². The van der Waals surface area contributed by atoms with Crippen molar-refractivity contribution in [3.05, 3.63) is 24.1 Å². The highest BCUT2D eigenvalue weighted by Crippen LogP contribution is 2.28. The molecule has 3 rings (SSSR count). The van der Waals surface area contributed by atoms with Crippen molar-refractivity contribution in [1.82, 2.24) is 9.88 Å². The number of alkyl halides is 2. The molecule has 8 heteroatoms. The summed E-state index contributed by atoms with van der Waals surface area (Å²) < 4.78 is 45.7. The molecule has 0 aliphatic carbocycles. The van der Waals surface area contributed by atoms with Crippen molar-refractivity contribution >= 4 is 11.7 Å². The van der Waals surface area contributed by atoms with E-state index in [0.717, 1.165) is 0 Å². The number of piperidine rings is 1. The molecule has 0 radical (unpaired) electrons. The van der Waals surface area contributed by atoms with Gasteiger partial charge >= 0.3 is 0 Å². The molecule has 2 fully saturated rings. The Morgan fingerprint density at radius 2 is 2.04 bits per heavy atom. The van der Waals surface area contributed by atoms with Crippen LogP contribution < -0.4 is 4.90 Å². The van der Waals surface area contributed by atoms with E-state index in [0.29, 0.717) is 6.54 Å². The van der Waals surface area contributed by atoms with Gasteiger partial charge in [0.1, 0.15) is 0 Å². The van der Waals surface area contributed by atoms with Gasteiger partial charge in [0.15, 0.2) is 17.7 Å². The number of anilines is 1. The molecule has 1 atom stereocenters. The van der Waals surface area contributed by atoms with Crippen molar-refractivity contribution in [2.45, 2.75) is 24.9 Å². The van der Waals surface area contributed by atoms with E-state index in [1.54, 1.807) is 4.90 Å². The highest BCUT2D eigenvalue weighted by atomic mass is 19.3. The number of nitrogens with zero attached hydrogens (tertiary/aromatic N) is 3. The van der Waals surface area contributed by atoms with Crippen molar-refractivity contribution in [3.63, 3.8) is 0 Å². The SMILES string of the molecule is O=C(C1CN(c2ncccc2F)CCO1)N1CCC(F)(F)CC1. The van der Waals surface area contributed by atoms with E-state index in [2.05, 4.69) is 4.98 Å². The van der Waals surface area contributed by atoms with Crippen molar-refractivity contribution in [2.75, 3.05) is 37.7 Å². The van der Waals surface area contributed by atoms with E-state index in [4.69, 9.17) is 4.74 Å². The van der Waals surface area contributed by atoms with Crippen LogP contribution in [0.5, 0.6) is 0 Å². The van der Waals surface area contributed by atoms with Crippen LogP contribution in [0, 0.1) is 5.82 Å². The van der Waals surface area contributed by atoms with Gasteiger partial charge in [0.25, 0.3) is 11.8 Å². The number of ether oxygens (including phenoxy) is 1. The Hall–Kier alpha value is -1.83. The summed E-state index contributed by atoms with van der Waals surface area (Å²) in [4.78, 5) is 19.5. The normalized spacial score (nSPS) is 24.6. The number of likely N-dealkylation sites (tertiary alicyclic amines) is 1. The zero-order valence-electron chi connectivity index (χ0n) is 12.6. The fourth-order valence-corrected chi connectivity index (χ4v) is 2.86. The highest BCUT2D eigenvalue weighted by molar-refractivity contribution is 5.82. The van der Waals surface area contributed by atoms with Gasteiger partial charge in [0, 0.05) is 38.7 Å². The lowest BCUT2D eigenvalue weighted by atomic mass is 10.1. The smallest absolute Gasteiger partial charge is 0.253 e. The third kappa shape index (κ3) is 3.57. The molecule has 1 aromatic rings. The molecule has 2 saturated heterocycles. The molecule has 2 aliphatic heterocycles. The van der Waals surface area contributed by atoms with Gasteiger partial charge in [-0.2, -0.15) is 0 Å². The summed E-state index contributed by atoms with van der Waals surface area (Å²) >= 11 is 0. The predicted molar refractivity (Wildman–Crippen MR) is 76.9 cm³/mol. The molecule has 1 unspecified atom stereocenters. The predicted octanol–water partition coefficient (Wildman–Crippen LogP) is 1.68. The topological polar surface area (TPSA) is 45.7 Å². The first-order valence-corrected chi connectivity index (χ1v) is 7.60. The van der Waals surface area contributed by atoms with Crippen LogP contribution in [-0.2, 0) is 9.53 Å². The summed E-state index contributed by atoms with van der Waals surface area (Å²) in [5.74, 6) is -3.30. The zero-order chi connectivity index (χ0) is 16.4. The Morgan fingerprint density at radius 3 is 2.74 bits per heavy atom. The van der Waals surface area contributed by atoms with Gasteiger partial charge in [-0.1, -0.05) is 0 Å². The number of carbonyl (C=O) groups excluding carboxylic acids is 1. The van der Waals surface area contributed by atoms with E-state index in [1.165, 1.54) is 23.2 Å². The second-order valence-corrected chi connectivity index (χ2v) is 5.80. The number of hydrogen-bond acceptors (Lipinski definition) is 4. The van der Waals surface area contributed by atoms with Crippen LogP contribution in [0.15, 0.2) is 18.3 Å². The lowest BCUT2D eigenvalue weighted by molar-refractivity contribution is -0.150. The maximum absolute atomic E-state index is 13.8. The molecule has 1 aromatic heterocycles. The minimum Gasteiger partial charge on any atom is -0.365 e. The summed E-state index contributed by atoms with van der Waals surface area (Å²) in [6, 6.07) is 2.80. The van der Waals surface area contributed by atoms with Crippen molar-refractivity contribution in [2.24, 2.45) is 0 Å². The summed E-state index contributed by atoms with van der Waals surface area (Å²) in [5, 5.41) is 0. The Bertz CT molecular complexity index is 575. The molecule has 0 bridgehead atoms. The molecule has 23 heavy (non-hydrogen) atoms. The van der Waals surface area contributed by atoms with E-state index >= 15 is 0 Å². The van der Waals surface area contributed by atoms with Gasteiger partial charge in [0.05, 0.1) is 13.2 Å². The number of hydrogen-bond donors (Lipinski definition) is 0. The fourth-order valence-electron chi connectivity index (χ4n) is 2.86. The molecule has 0 saturated carbocycles. The Balaban J connectivity index is 1.65. The molecule has 3 heterocycles. The molecule has 1 amide bonds. The first kappa shape index (κ1) is 16.0. The summed E-state index contributed by atoms with van der Waals surface area (Å²) in [6.45, 7) is 0.888. The molecular weight excluding hydrogens is 311 g/mol. The van der Waals surface area contributed by atoms with Gasteiger partial charge in [-0.15, -0.1) is 0 Å². The zero-order valence-corrected chi connectivity index (χ0v) is 12.6. The first-order chi connectivity index (χ1) is 11.0. The third-order valence-corrected chi connectivity index (χ3v) is 4.19. The number of carbonyl (C=O) groups is 1. The van der Waals surface area contributed by atoms with Gasteiger partial charge in [-0.3, -0.25) is 4.79 Å². The van der Waals surface area contributed by atoms with E-state index in [-0.39, 0.29) is 50.8 Å². The number of amides is 1. The number of halogens is 3. The quantitative estimate of drug-likeness (QED) is 0.828. The molecule has 0 N–H and O–H groups in total. The van der Waals surface area contributed by atoms with Gasteiger partial charge in [0.2, 0.25) is 0 Å². The molecule has 0 aromatic carbocycles. The summed E-state index contributed by atoms with van der Waals surface area (Å²) in [7, 11) is 0. The maximum Gasteiger partial charge on any atom is 0.253 e. The number of rotatable bonds is 2. The highest BCUT2D eigenvalue weighted by Gasteiger charge is 2.38.